The molecule has 0 aliphatic heterocycles. The van der Waals surface area contributed by atoms with Crippen molar-refractivity contribution in [2.24, 2.45) is 23.7 Å². The Morgan fingerprint density at radius 1 is 0.929 bits per heavy atom. The average Bonchev–Trinajstić information content (AvgIpc) is 2.77. The summed E-state index contributed by atoms with van der Waals surface area (Å²) in [6.07, 6.45) is 8.72. The normalized spacial score (nSPS) is 31.1. The van der Waals surface area contributed by atoms with E-state index < -0.39 is 0 Å². The summed E-state index contributed by atoms with van der Waals surface area (Å²) in [6.45, 7) is 9.41. The minimum atomic E-state index is 0.908. The molecule has 0 saturated heterocycles. The number of unbranched alkanes of at least 4 members (excludes halogenated alkanes) is 2. The maximum Gasteiger partial charge on any atom is -0.0350 e. The Labute approximate surface area is 90.5 Å². The first-order chi connectivity index (χ1) is 6.70. The van der Waals surface area contributed by atoms with Crippen LogP contribution < -0.4 is 0 Å². The summed E-state index contributed by atoms with van der Waals surface area (Å²) in [7, 11) is 0. The van der Waals surface area contributed by atoms with E-state index >= 15 is 0 Å². The first-order valence-electron chi connectivity index (χ1n) is 6.70. The van der Waals surface area contributed by atoms with E-state index in [1.165, 1.54) is 38.5 Å². The van der Waals surface area contributed by atoms with Crippen molar-refractivity contribution in [1.29, 1.82) is 0 Å². The van der Waals surface area contributed by atoms with Crippen LogP contribution in [-0.2, 0) is 0 Å². The van der Waals surface area contributed by atoms with Crippen molar-refractivity contribution >= 4 is 0 Å². The highest BCUT2D eigenvalue weighted by atomic mass is 14.5. The lowest BCUT2D eigenvalue weighted by atomic mass is 10.0. The molecule has 0 spiro atoms. The average molecular weight is 196 g/mol. The van der Waals surface area contributed by atoms with Crippen LogP contribution in [0.3, 0.4) is 0 Å². The molecular weight excluding hydrogens is 168 g/mol. The highest BCUT2D eigenvalue weighted by Crippen LogP contribution is 2.54. The van der Waals surface area contributed by atoms with Crippen molar-refractivity contribution in [3.05, 3.63) is 0 Å². The van der Waals surface area contributed by atoms with Gasteiger partial charge < -0.3 is 0 Å². The third-order valence-corrected chi connectivity index (χ3v) is 3.86. The third kappa shape index (κ3) is 3.29. The van der Waals surface area contributed by atoms with Crippen molar-refractivity contribution in [3.8, 4) is 0 Å². The minimum Gasteiger partial charge on any atom is -0.0654 e. The van der Waals surface area contributed by atoms with E-state index in [1.54, 1.807) is 0 Å². The Balaban J connectivity index is 2.18. The summed E-state index contributed by atoms with van der Waals surface area (Å²) < 4.78 is 0. The predicted octanol–water partition coefficient (Wildman–Crippen LogP) is 4.89. The lowest BCUT2D eigenvalue weighted by molar-refractivity contribution is 0.487. The Hall–Kier alpha value is 0. The summed E-state index contributed by atoms with van der Waals surface area (Å²) >= 11 is 0. The quantitative estimate of drug-likeness (QED) is 0.509. The molecule has 1 fully saturated rings. The maximum absolute atomic E-state index is 2.37. The predicted molar refractivity (Wildman–Crippen MR) is 64.4 cm³/mol. The summed E-state index contributed by atoms with van der Waals surface area (Å²) in [5.41, 5.74) is 0. The molecule has 0 heterocycles. The van der Waals surface area contributed by atoms with Crippen LogP contribution in [0.5, 0.6) is 0 Å². The molecule has 0 heteroatoms. The Morgan fingerprint density at radius 3 is 2.14 bits per heavy atom. The van der Waals surface area contributed by atoms with Crippen molar-refractivity contribution in [2.45, 2.75) is 66.2 Å². The second kappa shape index (κ2) is 5.78. The van der Waals surface area contributed by atoms with Gasteiger partial charge in [0.05, 0.1) is 0 Å². The minimum absolute atomic E-state index is 0.908. The molecule has 0 bridgehead atoms. The molecule has 1 rings (SSSR count). The molecule has 0 aromatic carbocycles. The second-order valence-electron chi connectivity index (χ2n) is 5.53. The van der Waals surface area contributed by atoms with Crippen LogP contribution in [0.4, 0.5) is 0 Å². The highest BCUT2D eigenvalue weighted by molar-refractivity contribution is 4.95. The van der Waals surface area contributed by atoms with Gasteiger partial charge >= 0.3 is 0 Å². The van der Waals surface area contributed by atoms with Gasteiger partial charge in [-0.3, -0.25) is 0 Å². The summed E-state index contributed by atoms with van der Waals surface area (Å²) in [5, 5.41) is 0. The molecule has 84 valence electrons. The molecule has 3 unspecified atom stereocenters. The van der Waals surface area contributed by atoms with E-state index in [2.05, 4.69) is 27.7 Å². The smallest absolute Gasteiger partial charge is 0.0350 e. The standard InChI is InChI=1S/C14H28/c1-5-7-8-9-13-12(6-2)14(13)10-11(3)4/h11-14H,5-10H2,1-4H3. The Kier molecular flexibility index (Phi) is 4.98. The first kappa shape index (κ1) is 12.1. The van der Waals surface area contributed by atoms with Crippen LogP contribution >= 0.6 is 0 Å². The second-order valence-corrected chi connectivity index (χ2v) is 5.53. The Bertz CT molecular complexity index is 148. The van der Waals surface area contributed by atoms with Crippen molar-refractivity contribution in [3.63, 3.8) is 0 Å². The van der Waals surface area contributed by atoms with Crippen molar-refractivity contribution in [1.82, 2.24) is 0 Å². The van der Waals surface area contributed by atoms with Crippen LogP contribution in [0.25, 0.3) is 0 Å². The summed E-state index contributed by atoms with van der Waals surface area (Å²) in [6, 6.07) is 0. The fourth-order valence-corrected chi connectivity index (χ4v) is 3.08. The summed E-state index contributed by atoms with van der Waals surface area (Å²) in [5.74, 6) is 4.20. The van der Waals surface area contributed by atoms with E-state index in [0.29, 0.717) is 0 Å². The monoisotopic (exact) mass is 196 g/mol. The van der Waals surface area contributed by atoms with E-state index in [-0.39, 0.29) is 0 Å². The molecule has 0 nitrogen and oxygen atoms in total. The fourth-order valence-electron chi connectivity index (χ4n) is 3.08. The van der Waals surface area contributed by atoms with Gasteiger partial charge in [-0.05, 0) is 36.5 Å². The third-order valence-electron chi connectivity index (χ3n) is 3.86. The molecule has 14 heavy (non-hydrogen) atoms. The number of hydrogen-bond acceptors (Lipinski definition) is 0. The molecule has 0 amide bonds. The van der Waals surface area contributed by atoms with E-state index in [0.717, 1.165) is 23.7 Å². The van der Waals surface area contributed by atoms with Crippen LogP contribution in [0.2, 0.25) is 0 Å². The molecule has 1 saturated carbocycles. The molecular formula is C14H28. The molecule has 1 aliphatic rings. The van der Waals surface area contributed by atoms with E-state index in [1.807, 2.05) is 0 Å². The van der Waals surface area contributed by atoms with Gasteiger partial charge in [-0.1, -0.05) is 53.4 Å². The van der Waals surface area contributed by atoms with Crippen molar-refractivity contribution < 1.29 is 0 Å². The van der Waals surface area contributed by atoms with Gasteiger partial charge in [0.15, 0.2) is 0 Å². The fraction of sp³-hybridized carbons (Fsp3) is 1.00. The van der Waals surface area contributed by atoms with E-state index in [9.17, 15) is 0 Å². The van der Waals surface area contributed by atoms with Gasteiger partial charge in [0.2, 0.25) is 0 Å². The molecule has 0 N–H and O–H groups in total. The summed E-state index contributed by atoms with van der Waals surface area (Å²) in [4.78, 5) is 0. The van der Waals surface area contributed by atoms with Gasteiger partial charge in [0.25, 0.3) is 0 Å². The molecule has 0 aromatic rings. The molecule has 1 aliphatic carbocycles. The van der Waals surface area contributed by atoms with Crippen molar-refractivity contribution in [2.75, 3.05) is 0 Å². The van der Waals surface area contributed by atoms with Gasteiger partial charge in [0.1, 0.15) is 0 Å². The topological polar surface area (TPSA) is 0 Å². The first-order valence-corrected chi connectivity index (χ1v) is 6.70. The molecule has 0 radical (unpaired) electrons. The van der Waals surface area contributed by atoms with Crippen LogP contribution in [0.15, 0.2) is 0 Å². The largest absolute Gasteiger partial charge is 0.0654 e. The zero-order chi connectivity index (χ0) is 10.6. The number of hydrogen-bond donors (Lipinski definition) is 0. The lowest BCUT2D eigenvalue weighted by Crippen LogP contribution is -1.91. The highest BCUT2D eigenvalue weighted by Gasteiger charge is 2.47. The zero-order valence-corrected chi connectivity index (χ0v) is 10.6. The van der Waals surface area contributed by atoms with Gasteiger partial charge in [-0.15, -0.1) is 0 Å². The van der Waals surface area contributed by atoms with Crippen LogP contribution in [0.1, 0.15) is 66.2 Å². The van der Waals surface area contributed by atoms with Gasteiger partial charge in [-0.2, -0.15) is 0 Å². The maximum atomic E-state index is 2.37. The zero-order valence-electron chi connectivity index (χ0n) is 10.6. The van der Waals surface area contributed by atoms with E-state index in [4.69, 9.17) is 0 Å². The Morgan fingerprint density at radius 2 is 1.64 bits per heavy atom. The van der Waals surface area contributed by atoms with Crippen LogP contribution in [-0.4, -0.2) is 0 Å². The lowest BCUT2D eigenvalue weighted by Gasteiger charge is -2.02. The SMILES string of the molecule is CCCCCC1C(CC)C1CC(C)C. The van der Waals surface area contributed by atoms with Gasteiger partial charge in [-0.25, -0.2) is 0 Å². The van der Waals surface area contributed by atoms with Crippen LogP contribution in [0, 0.1) is 23.7 Å². The molecule has 0 aromatic heterocycles. The molecule has 3 atom stereocenters. The number of rotatable bonds is 7. The van der Waals surface area contributed by atoms with Gasteiger partial charge in [0, 0.05) is 0 Å².